The number of carbonyl (C=O) groups is 1. The predicted molar refractivity (Wildman–Crippen MR) is 103 cm³/mol. The number of carbonyl (C=O) groups excluding carboxylic acids is 1. The van der Waals surface area contributed by atoms with Gasteiger partial charge >= 0.3 is 5.97 Å². The Morgan fingerprint density at radius 3 is 2.57 bits per heavy atom. The summed E-state index contributed by atoms with van der Waals surface area (Å²) in [5.41, 5.74) is 1.46. The standard InChI is InChI=1S/C21H26FNO5/c1-3-27-20(25)13-28-19-9-4-15(12-18(19)22)10-11-23-14(2)21(26)16-5-7-17(24)8-6-16/h4-9,12,14,21,23-24,26H,3,10-11,13H2,1-2H3/t14-,21+/m0/s1. The molecular weight excluding hydrogens is 365 g/mol. The summed E-state index contributed by atoms with van der Waals surface area (Å²) in [5.74, 6) is -0.940. The fraction of sp³-hybridized carbons (Fsp3) is 0.381. The van der Waals surface area contributed by atoms with Crippen LogP contribution in [0.4, 0.5) is 4.39 Å². The Kier molecular flexibility index (Phi) is 8.22. The largest absolute Gasteiger partial charge is 0.508 e. The summed E-state index contributed by atoms with van der Waals surface area (Å²) >= 11 is 0. The van der Waals surface area contributed by atoms with Crippen LogP contribution in [-0.2, 0) is 16.0 Å². The zero-order valence-corrected chi connectivity index (χ0v) is 16.0. The van der Waals surface area contributed by atoms with Gasteiger partial charge < -0.3 is 25.0 Å². The van der Waals surface area contributed by atoms with Gasteiger partial charge in [0.05, 0.1) is 12.7 Å². The van der Waals surface area contributed by atoms with Crippen molar-refractivity contribution in [3.63, 3.8) is 0 Å². The molecule has 2 aromatic rings. The summed E-state index contributed by atoms with van der Waals surface area (Å²) in [6, 6.07) is 10.8. The second-order valence-electron chi connectivity index (χ2n) is 6.39. The average molecular weight is 391 g/mol. The Labute approximate surface area is 163 Å². The van der Waals surface area contributed by atoms with Gasteiger partial charge in [-0.05, 0) is 62.2 Å². The van der Waals surface area contributed by atoms with E-state index in [9.17, 15) is 19.4 Å². The van der Waals surface area contributed by atoms with E-state index in [0.29, 0.717) is 18.5 Å². The van der Waals surface area contributed by atoms with Gasteiger partial charge in [0.15, 0.2) is 18.2 Å². The molecule has 2 atom stereocenters. The van der Waals surface area contributed by atoms with Crippen molar-refractivity contribution < 1.29 is 28.9 Å². The van der Waals surface area contributed by atoms with E-state index < -0.39 is 17.9 Å². The molecule has 0 fully saturated rings. The van der Waals surface area contributed by atoms with Crippen molar-refractivity contribution in [1.82, 2.24) is 5.32 Å². The first-order chi connectivity index (χ1) is 13.4. The molecule has 28 heavy (non-hydrogen) atoms. The van der Waals surface area contributed by atoms with Gasteiger partial charge in [0, 0.05) is 6.04 Å². The monoisotopic (exact) mass is 391 g/mol. The SMILES string of the molecule is CCOC(=O)COc1ccc(CCN[C@@H](C)[C@@H](O)c2ccc(O)cc2)cc1F. The first-order valence-corrected chi connectivity index (χ1v) is 9.18. The minimum absolute atomic E-state index is 0.000817. The lowest BCUT2D eigenvalue weighted by Gasteiger charge is -2.21. The van der Waals surface area contributed by atoms with Crippen LogP contribution in [0.3, 0.4) is 0 Å². The van der Waals surface area contributed by atoms with Crippen LogP contribution in [0, 0.1) is 5.82 Å². The number of hydrogen-bond acceptors (Lipinski definition) is 6. The van der Waals surface area contributed by atoms with E-state index >= 15 is 0 Å². The molecule has 0 spiro atoms. The molecule has 2 aromatic carbocycles. The molecule has 7 heteroatoms. The Hall–Kier alpha value is -2.64. The van der Waals surface area contributed by atoms with Crippen LogP contribution in [0.1, 0.15) is 31.1 Å². The minimum atomic E-state index is -0.726. The molecule has 0 amide bonds. The van der Waals surface area contributed by atoms with Crippen molar-refractivity contribution in [3.8, 4) is 11.5 Å². The number of benzene rings is 2. The van der Waals surface area contributed by atoms with Gasteiger partial charge in [0.25, 0.3) is 0 Å². The molecule has 0 bridgehead atoms. The number of phenolic OH excluding ortho intramolecular Hbond substituents is 1. The highest BCUT2D eigenvalue weighted by molar-refractivity contribution is 5.71. The summed E-state index contributed by atoms with van der Waals surface area (Å²) in [6.45, 7) is 3.99. The van der Waals surface area contributed by atoms with Gasteiger partial charge in [-0.2, -0.15) is 0 Å². The smallest absolute Gasteiger partial charge is 0.344 e. The van der Waals surface area contributed by atoms with Crippen LogP contribution < -0.4 is 10.1 Å². The number of esters is 1. The topological polar surface area (TPSA) is 88.0 Å². The fourth-order valence-electron chi connectivity index (χ4n) is 2.67. The Morgan fingerprint density at radius 2 is 1.93 bits per heavy atom. The van der Waals surface area contributed by atoms with Crippen molar-refractivity contribution >= 4 is 5.97 Å². The molecule has 0 unspecified atom stereocenters. The van der Waals surface area contributed by atoms with E-state index in [1.54, 1.807) is 25.1 Å². The summed E-state index contributed by atoms with van der Waals surface area (Å²) in [5, 5.41) is 22.9. The van der Waals surface area contributed by atoms with Crippen LogP contribution in [0.5, 0.6) is 11.5 Å². The van der Waals surface area contributed by atoms with E-state index in [0.717, 1.165) is 5.56 Å². The number of aliphatic hydroxyl groups is 1. The highest BCUT2D eigenvalue weighted by Crippen LogP contribution is 2.20. The van der Waals surface area contributed by atoms with Crippen LogP contribution in [0.15, 0.2) is 42.5 Å². The molecule has 3 N–H and O–H groups in total. The van der Waals surface area contributed by atoms with Gasteiger partial charge in [0.2, 0.25) is 0 Å². The summed E-state index contributed by atoms with van der Waals surface area (Å²) < 4.78 is 24.0. The maximum absolute atomic E-state index is 14.1. The minimum Gasteiger partial charge on any atom is -0.508 e. The van der Waals surface area contributed by atoms with Gasteiger partial charge in [-0.25, -0.2) is 9.18 Å². The van der Waals surface area contributed by atoms with Crippen molar-refractivity contribution in [2.75, 3.05) is 19.8 Å². The molecule has 2 rings (SSSR count). The van der Waals surface area contributed by atoms with Crippen molar-refractivity contribution in [2.24, 2.45) is 0 Å². The highest BCUT2D eigenvalue weighted by atomic mass is 19.1. The molecule has 0 aliphatic carbocycles. The molecule has 0 aromatic heterocycles. The van der Waals surface area contributed by atoms with E-state index in [1.807, 2.05) is 6.92 Å². The Morgan fingerprint density at radius 1 is 1.21 bits per heavy atom. The highest BCUT2D eigenvalue weighted by Gasteiger charge is 2.16. The van der Waals surface area contributed by atoms with E-state index in [-0.39, 0.29) is 30.8 Å². The third-order valence-corrected chi connectivity index (χ3v) is 4.24. The van der Waals surface area contributed by atoms with Crippen LogP contribution in [-0.4, -0.2) is 42.0 Å². The predicted octanol–water partition coefficient (Wildman–Crippen LogP) is 2.73. The van der Waals surface area contributed by atoms with Gasteiger partial charge in [-0.3, -0.25) is 0 Å². The molecule has 0 radical (unpaired) electrons. The summed E-state index contributed by atoms with van der Waals surface area (Å²) in [6.07, 6.45) is -0.169. The number of nitrogens with one attached hydrogen (secondary N) is 1. The van der Waals surface area contributed by atoms with Crippen molar-refractivity contribution in [1.29, 1.82) is 0 Å². The van der Waals surface area contributed by atoms with Crippen molar-refractivity contribution in [3.05, 3.63) is 59.4 Å². The molecule has 0 saturated heterocycles. The molecule has 0 heterocycles. The molecule has 0 saturated carbocycles. The summed E-state index contributed by atoms with van der Waals surface area (Å²) in [4.78, 5) is 11.3. The maximum Gasteiger partial charge on any atom is 0.344 e. The summed E-state index contributed by atoms with van der Waals surface area (Å²) in [7, 11) is 0. The lowest BCUT2D eigenvalue weighted by molar-refractivity contribution is -0.145. The van der Waals surface area contributed by atoms with Crippen LogP contribution in [0.2, 0.25) is 0 Å². The zero-order valence-electron chi connectivity index (χ0n) is 16.0. The van der Waals surface area contributed by atoms with Gasteiger partial charge in [-0.1, -0.05) is 18.2 Å². The number of phenols is 1. The lowest BCUT2D eigenvalue weighted by atomic mass is 10.0. The number of aliphatic hydroxyl groups excluding tert-OH is 1. The second-order valence-corrected chi connectivity index (χ2v) is 6.39. The normalized spacial score (nSPS) is 13.0. The first kappa shape index (κ1) is 21.7. The number of aromatic hydroxyl groups is 1. The first-order valence-electron chi connectivity index (χ1n) is 9.18. The lowest BCUT2D eigenvalue weighted by Crippen LogP contribution is -2.33. The van der Waals surface area contributed by atoms with Gasteiger partial charge in [-0.15, -0.1) is 0 Å². The second kappa shape index (κ2) is 10.6. The third kappa shape index (κ3) is 6.51. The molecule has 0 aliphatic rings. The number of hydrogen-bond donors (Lipinski definition) is 3. The zero-order chi connectivity index (χ0) is 20.5. The average Bonchev–Trinajstić information content (AvgIpc) is 2.67. The van der Waals surface area contributed by atoms with E-state index in [2.05, 4.69) is 5.32 Å². The molecule has 0 aliphatic heterocycles. The van der Waals surface area contributed by atoms with E-state index in [1.165, 1.54) is 24.3 Å². The quantitative estimate of drug-likeness (QED) is 0.540. The van der Waals surface area contributed by atoms with Crippen LogP contribution >= 0.6 is 0 Å². The third-order valence-electron chi connectivity index (χ3n) is 4.24. The van der Waals surface area contributed by atoms with Gasteiger partial charge in [0.1, 0.15) is 5.75 Å². The number of ether oxygens (including phenoxy) is 2. The van der Waals surface area contributed by atoms with E-state index in [4.69, 9.17) is 9.47 Å². The molecule has 152 valence electrons. The van der Waals surface area contributed by atoms with Crippen molar-refractivity contribution in [2.45, 2.75) is 32.4 Å². The number of rotatable bonds is 10. The maximum atomic E-state index is 14.1. The fourth-order valence-corrected chi connectivity index (χ4v) is 2.67. The number of halogens is 1. The van der Waals surface area contributed by atoms with Crippen LogP contribution in [0.25, 0.3) is 0 Å². The molecular formula is C21H26FNO5. The molecule has 6 nitrogen and oxygen atoms in total. The Balaban J connectivity index is 1.81. The Bertz CT molecular complexity index is 766.